The number of amides is 1. The Morgan fingerprint density at radius 2 is 2.58 bits per heavy atom. The van der Waals surface area contributed by atoms with Crippen LogP contribution in [0, 0.1) is 0 Å². The minimum Gasteiger partial charge on any atom is -0.457 e. The zero-order valence-corrected chi connectivity index (χ0v) is 7.93. The van der Waals surface area contributed by atoms with Gasteiger partial charge in [-0.05, 0) is 22.0 Å². The van der Waals surface area contributed by atoms with Crippen molar-refractivity contribution in [3.05, 3.63) is 35.2 Å². The molecule has 3 nitrogen and oxygen atoms in total. The summed E-state index contributed by atoms with van der Waals surface area (Å²) in [4.78, 5) is 11.2. The third kappa shape index (κ3) is 1.98. The van der Waals surface area contributed by atoms with Gasteiger partial charge in [-0.25, -0.2) is 0 Å². The molecule has 1 rings (SSSR count). The van der Waals surface area contributed by atoms with Crippen LogP contribution in [0.1, 0.15) is 10.4 Å². The molecule has 0 aliphatic carbocycles. The Bertz CT molecular complexity index is 293. The summed E-state index contributed by atoms with van der Waals surface area (Å²) in [6, 6.07) is 1.60. The number of furan rings is 1. The summed E-state index contributed by atoms with van der Waals surface area (Å²) < 4.78 is 5.34. The van der Waals surface area contributed by atoms with Gasteiger partial charge < -0.3 is 9.73 Å². The number of carbonyl (C=O) groups is 1. The van der Waals surface area contributed by atoms with Gasteiger partial charge >= 0.3 is 0 Å². The normalized spacial score (nSPS) is 9.42. The molecule has 1 aromatic heterocycles. The molecular weight excluding hydrogens is 222 g/mol. The maximum absolute atomic E-state index is 11.2. The molecule has 12 heavy (non-hydrogen) atoms. The second-order valence-electron chi connectivity index (χ2n) is 2.11. The lowest BCUT2D eigenvalue weighted by molar-refractivity contribution is 0.0956. The molecular formula is C8H8BrNO2. The van der Waals surface area contributed by atoms with Crippen molar-refractivity contribution >= 4 is 21.8 Å². The van der Waals surface area contributed by atoms with Crippen molar-refractivity contribution in [1.29, 1.82) is 0 Å². The Morgan fingerprint density at radius 3 is 3.08 bits per heavy atom. The van der Waals surface area contributed by atoms with Gasteiger partial charge in [-0.3, -0.25) is 4.79 Å². The lowest BCUT2D eigenvalue weighted by Crippen LogP contribution is -2.22. The van der Waals surface area contributed by atoms with Gasteiger partial charge in [-0.2, -0.15) is 0 Å². The Labute approximate surface area is 78.6 Å². The highest BCUT2D eigenvalue weighted by Crippen LogP contribution is 2.16. The number of hydrogen-bond acceptors (Lipinski definition) is 2. The molecule has 64 valence electrons. The monoisotopic (exact) mass is 229 g/mol. The van der Waals surface area contributed by atoms with Crippen LogP contribution in [0.3, 0.4) is 0 Å². The first-order valence-electron chi connectivity index (χ1n) is 3.37. The number of nitrogens with one attached hydrogen (secondary N) is 1. The van der Waals surface area contributed by atoms with Gasteiger partial charge in [0, 0.05) is 6.54 Å². The van der Waals surface area contributed by atoms with Crippen LogP contribution in [0.25, 0.3) is 0 Å². The van der Waals surface area contributed by atoms with Crippen molar-refractivity contribution in [2.45, 2.75) is 0 Å². The fraction of sp³-hybridized carbons (Fsp3) is 0.125. The van der Waals surface area contributed by atoms with E-state index in [0.717, 1.165) is 0 Å². The summed E-state index contributed by atoms with van der Waals surface area (Å²) in [7, 11) is 0. The summed E-state index contributed by atoms with van der Waals surface area (Å²) in [5.74, 6) is -0.171. The number of rotatable bonds is 3. The minimum absolute atomic E-state index is 0.171. The van der Waals surface area contributed by atoms with E-state index in [1.807, 2.05) is 0 Å². The molecule has 0 bridgehead atoms. The molecule has 0 atom stereocenters. The molecule has 0 radical (unpaired) electrons. The van der Waals surface area contributed by atoms with Crippen LogP contribution < -0.4 is 5.32 Å². The van der Waals surface area contributed by atoms with E-state index in [0.29, 0.717) is 16.8 Å². The molecule has 4 heteroatoms. The van der Waals surface area contributed by atoms with E-state index < -0.39 is 0 Å². The Balaban J connectivity index is 2.65. The van der Waals surface area contributed by atoms with E-state index in [4.69, 9.17) is 4.42 Å². The zero-order valence-electron chi connectivity index (χ0n) is 6.34. The van der Waals surface area contributed by atoms with Crippen LogP contribution in [0.2, 0.25) is 0 Å². The van der Waals surface area contributed by atoms with Crippen molar-refractivity contribution in [3.63, 3.8) is 0 Å². The lowest BCUT2D eigenvalue weighted by Gasteiger charge is -1.98. The molecule has 0 aromatic carbocycles. The van der Waals surface area contributed by atoms with Gasteiger partial charge in [0.25, 0.3) is 5.91 Å². The average Bonchev–Trinajstić information content (AvgIpc) is 2.47. The molecule has 0 aliphatic rings. The lowest BCUT2D eigenvalue weighted by atomic mass is 10.3. The summed E-state index contributed by atoms with van der Waals surface area (Å²) in [6.45, 7) is 3.94. The van der Waals surface area contributed by atoms with E-state index in [9.17, 15) is 4.79 Å². The Hall–Kier alpha value is -1.03. The topological polar surface area (TPSA) is 42.2 Å². The molecule has 0 aliphatic heterocycles. The maximum Gasteiger partial charge on any atom is 0.256 e. The highest BCUT2D eigenvalue weighted by Gasteiger charge is 2.10. The Kier molecular flexibility index (Phi) is 3.10. The molecule has 1 aromatic rings. The van der Waals surface area contributed by atoms with E-state index in [2.05, 4.69) is 27.8 Å². The van der Waals surface area contributed by atoms with Gasteiger partial charge in [0.1, 0.15) is 0 Å². The molecule has 0 saturated carbocycles. The highest BCUT2D eigenvalue weighted by molar-refractivity contribution is 9.10. The standard InChI is InChI=1S/C8H8BrNO2/c1-2-4-10-8(11)6-3-5-12-7(6)9/h2-3,5H,1,4H2,(H,10,11). The van der Waals surface area contributed by atoms with Crippen molar-refractivity contribution in [3.8, 4) is 0 Å². The fourth-order valence-electron chi connectivity index (χ4n) is 0.716. The maximum atomic E-state index is 11.2. The number of hydrogen-bond donors (Lipinski definition) is 1. The van der Waals surface area contributed by atoms with Crippen LogP contribution in [0.5, 0.6) is 0 Å². The minimum atomic E-state index is -0.171. The van der Waals surface area contributed by atoms with Gasteiger partial charge in [0.15, 0.2) is 4.67 Å². The molecule has 0 spiro atoms. The van der Waals surface area contributed by atoms with E-state index in [-0.39, 0.29) is 5.91 Å². The predicted molar refractivity (Wildman–Crippen MR) is 48.9 cm³/mol. The summed E-state index contributed by atoms with van der Waals surface area (Å²) in [6.07, 6.45) is 3.07. The van der Waals surface area contributed by atoms with Crippen molar-refractivity contribution in [2.75, 3.05) is 6.54 Å². The SMILES string of the molecule is C=CCNC(=O)c1ccoc1Br. The number of carbonyl (C=O) groups excluding carboxylic acids is 1. The van der Waals surface area contributed by atoms with Crippen LogP contribution >= 0.6 is 15.9 Å². The molecule has 1 N–H and O–H groups in total. The van der Waals surface area contributed by atoms with Crippen LogP contribution in [0.4, 0.5) is 0 Å². The molecule has 0 unspecified atom stereocenters. The second-order valence-corrected chi connectivity index (χ2v) is 2.83. The number of halogens is 1. The molecule has 1 heterocycles. The van der Waals surface area contributed by atoms with E-state index in [1.54, 1.807) is 12.1 Å². The molecule has 0 saturated heterocycles. The zero-order chi connectivity index (χ0) is 8.97. The van der Waals surface area contributed by atoms with Gasteiger partial charge in [-0.1, -0.05) is 6.08 Å². The molecule has 1 amide bonds. The average molecular weight is 230 g/mol. The third-order valence-corrected chi connectivity index (χ3v) is 1.88. The summed E-state index contributed by atoms with van der Waals surface area (Å²) >= 11 is 3.11. The van der Waals surface area contributed by atoms with Crippen LogP contribution in [-0.4, -0.2) is 12.5 Å². The van der Waals surface area contributed by atoms with Crippen molar-refractivity contribution in [2.24, 2.45) is 0 Å². The first kappa shape index (κ1) is 9.06. The smallest absolute Gasteiger partial charge is 0.256 e. The van der Waals surface area contributed by atoms with Crippen LogP contribution in [0.15, 0.2) is 34.1 Å². The third-order valence-electron chi connectivity index (χ3n) is 1.27. The Morgan fingerprint density at radius 1 is 1.83 bits per heavy atom. The quantitative estimate of drug-likeness (QED) is 0.806. The van der Waals surface area contributed by atoms with Gasteiger partial charge in [-0.15, -0.1) is 6.58 Å². The van der Waals surface area contributed by atoms with Crippen LogP contribution in [-0.2, 0) is 0 Å². The van der Waals surface area contributed by atoms with Gasteiger partial charge in [0.05, 0.1) is 11.8 Å². The van der Waals surface area contributed by atoms with E-state index >= 15 is 0 Å². The van der Waals surface area contributed by atoms with Gasteiger partial charge in [0.2, 0.25) is 0 Å². The largest absolute Gasteiger partial charge is 0.457 e. The summed E-state index contributed by atoms with van der Waals surface area (Å²) in [5.41, 5.74) is 0.497. The first-order chi connectivity index (χ1) is 5.75. The van der Waals surface area contributed by atoms with Crippen molar-refractivity contribution < 1.29 is 9.21 Å². The second kappa shape index (κ2) is 4.11. The van der Waals surface area contributed by atoms with Crippen molar-refractivity contribution in [1.82, 2.24) is 5.32 Å². The van der Waals surface area contributed by atoms with E-state index in [1.165, 1.54) is 6.26 Å². The first-order valence-corrected chi connectivity index (χ1v) is 4.17. The summed E-state index contributed by atoms with van der Waals surface area (Å²) in [5, 5.41) is 2.63. The fourth-order valence-corrected chi connectivity index (χ4v) is 1.14. The highest BCUT2D eigenvalue weighted by atomic mass is 79.9. The molecule has 0 fully saturated rings. The predicted octanol–water partition coefficient (Wildman–Crippen LogP) is 1.96.